The zero-order valence-corrected chi connectivity index (χ0v) is 18.7. The third kappa shape index (κ3) is 6.65. The van der Waals surface area contributed by atoms with E-state index in [2.05, 4.69) is 19.9 Å². The van der Waals surface area contributed by atoms with Crippen molar-refractivity contribution in [3.05, 3.63) is 48.3 Å². The van der Waals surface area contributed by atoms with E-state index < -0.39 is 17.2 Å². The van der Waals surface area contributed by atoms with E-state index in [-0.39, 0.29) is 36.3 Å². The minimum absolute atomic E-state index is 0. The highest BCUT2D eigenvalue weighted by Crippen LogP contribution is 2.21. The predicted molar refractivity (Wildman–Crippen MR) is 119 cm³/mol. The largest absolute Gasteiger partial charge is 0.486 e. The molecular formula is C19H25F2IN6O. The van der Waals surface area contributed by atoms with Gasteiger partial charge in [-0.1, -0.05) is 0 Å². The van der Waals surface area contributed by atoms with Crippen molar-refractivity contribution in [1.29, 1.82) is 0 Å². The van der Waals surface area contributed by atoms with Gasteiger partial charge in [-0.15, -0.1) is 24.0 Å². The van der Waals surface area contributed by atoms with Gasteiger partial charge in [-0.25, -0.2) is 23.7 Å². The van der Waals surface area contributed by atoms with E-state index in [1.54, 1.807) is 32.3 Å². The number of aromatic nitrogens is 2. The van der Waals surface area contributed by atoms with Gasteiger partial charge in [0, 0.05) is 56.8 Å². The van der Waals surface area contributed by atoms with Gasteiger partial charge >= 0.3 is 0 Å². The fourth-order valence-corrected chi connectivity index (χ4v) is 2.90. The first kappa shape index (κ1) is 23.0. The van der Waals surface area contributed by atoms with Gasteiger partial charge in [0.05, 0.1) is 6.54 Å². The van der Waals surface area contributed by atoms with Crippen molar-refractivity contribution >= 4 is 35.9 Å². The number of anilines is 1. The first-order valence-corrected chi connectivity index (χ1v) is 9.04. The fraction of sp³-hybridized carbons (Fsp3) is 0.421. The second-order valence-electron chi connectivity index (χ2n) is 7.16. The van der Waals surface area contributed by atoms with Crippen LogP contribution >= 0.6 is 24.0 Å². The van der Waals surface area contributed by atoms with E-state index in [4.69, 9.17) is 10.5 Å². The van der Waals surface area contributed by atoms with E-state index in [0.29, 0.717) is 25.0 Å². The standard InChI is InChI=1S/C19H24F2N6O.HI/c1-19(2,28-16-11-14(20)10-15(21)12-16)13-25-17(22)26-6-8-27(9-7-26)18-23-4-3-5-24-18;/h3-5,10-12H,6-9,13H2,1-2H3,(H2,22,25);1H. The van der Waals surface area contributed by atoms with Crippen molar-refractivity contribution in [2.24, 2.45) is 10.7 Å². The summed E-state index contributed by atoms with van der Waals surface area (Å²) in [4.78, 5) is 17.0. The Balaban J connectivity index is 0.00000300. The van der Waals surface area contributed by atoms with Gasteiger partial charge in [-0.3, -0.25) is 0 Å². The first-order valence-electron chi connectivity index (χ1n) is 9.04. The molecule has 1 aromatic heterocycles. The highest BCUT2D eigenvalue weighted by Gasteiger charge is 2.23. The Morgan fingerprint density at radius 2 is 1.69 bits per heavy atom. The topological polar surface area (TPSA) is 79.9 Å². The van der Waals surface area contributed by atoms with E-state index in [9.17, 15) is 8.78 Å². The van der Waals surface area contributed by atoms with E-state index in [1.165, 1.54) is 0 Å². The maximum Gasteiger partial charge on any atom is 0.225 e. The maximum absolute atomic E-state index is 13.3. The van der Waals surface area contributed by atoms with E-state index in [1.807, 2.05) is 4.90 Å². The molecule has 1 aromatic carbocycles. The Hall–Kier alpha value is -2.24. The average molecular weight is 518 g/mol. The van der Waals surface area contributed by atoms with Crippen molar-refractivity contribution in [1.82, 2.24) is 14.9 Å². The number of hydrogen-bond acceptors (Lipinski definition) is 5. The van der Waals surface area contributed by atoms with Crippen molar-refractivity contribution in [3.63, 3.8) is 0 Å². The van der Waals surface area contributed by atoms with Gasteiger partial charge in [0.2, 0.25) is 5.95 Å². The van der Waals surface area contributed by atoms with Crippen molar-refractivity contribution < 1.29 is 13.5 Å². The summed E-state index contributed by atoms with van der Waals surface area (Å²) in [7, 11) is 0. The molecule has 0 saturated carbocycles. The van der Waals surface area contributed by atoms with Gasteiger partial charge < -0.3 is 20.3 Å². The minimum atomic E-state index is -0.773. The number of piperazine rings is 1. The zero-order chi connectivity index (χ0) is 20.1. The molecule has 0 aliphatic carbocycles. The zero-order valence-electron chi connectivity index (χ0n) is 16.4. The number of halogens is 3. The molecule has 158 valence electrons. The van der Waals surface area contributed by atoms with Crippen LogP contribution in [0.2, 0.25) is 0 Å². The lowest BCUT2D eigenvalue weighted by Crippen LogP contribution is -2.52. The molecule has 1 aliphatic rings. The number of ether oxygens (including phenoxy) is 1. The summed E-state index contributed by atoms with van der Waals surface area (Å²) < 4.78 is 32.3. The number of aliphatic imine (C=N–C) groups is 1. The number of guanidine groups is 1. The summed E-state index contributed by atoms with van der Waals surface area (Å²) >= 11 is 0. The number of benzene rings is 1. The Morgan fingerprint density at radius 1 is 1.10 bits per heavy atom. The van der Waals surface area contributed by atoms with Crippen LogP contribution in [0.1, 0.15) is 13.8 Å². The van der Waals surface area contributed by atoms with Crippen LogP contribution in [0.4, 0.5) is 14.7 Å². The fourth-order valence-electron chi connectivity index (χ4n) is 2.90. The summed E-state index contributed by atoms with van der Waals surface area (Å²) in [5.74, 6) is -0.138. The third-order valence-corrected chi connectivity index (χ3v) is 4.29. The monoisotopic (exact) mass is 518 g/mol. The lowest BCUT2D eigenvalue weighted by molar-refractivity contribution is 0.118. The molecule has 2 N–H and O–H groups in total. The molecule has 10 heteroatoms. The molecule has 7 nitrogen and oxygen atoms in total. The van der Waals surface area contributed by atoms with Crippen LogP contribution in [-0.4, -0.2) is 59.2 Å². The predicted octanol–water partition coefficient (Wildman–Crippen LogP) is 2.67. The van der Waals surface area contributed by atoms with Crippen LogP contribution in [0.3, 0.4) is 0 Å². The highest BCUT2D eigenvalue weighted by molar-refractivity contribution is 14.0. The first-order chi connectivity index (χ1) is 13.3. The molecule has 1 aliphatic heterocycles. The van der Waals surface area contributed by atoms with E-state index in [0.717, 1.165) is 31.3 Å². The van der Waals surface area contributed by atoms with Crippen LogP contribution in [-0.2, 0) is 0 Å². The Morgan fingerprint density at radius 3 is 2.28 bits per heavy atom. The van der Waals surface area contributed by atoms with Crippen molar-refractivity contribution in [2.75, 3.05) is 37.6 Å². The summed E-state index contributed by atoms with van der Waals surface area (Å²) in [6, 6.07) is 4.87. The van der Waals surface area contributed by atoms with Gasteiger partial charge in [0.25, 0.3) is 0 Å². The quantitative estimate of drug-likeness (QED) is 0.373. The van der Waals surface area contributed by atoms with E-state index >= 15 is 0 Å². The molecule has 0 amide bonds. The lowest BCUT2D eigenvalue weighted by atomic mass is 10.1. The van der Waals surface area contributed by atoms with Crippen LogP contribution in [0, 0.1) is 11.6 Å². The van der Waals surface area contributed by atoms with Crippen LogP contribution in [0.25, 0.3) is 0 Å². The molecule has 0 spiro atoms. The molecule has 1 saturated heterocycles. The molecular weight excluding hydrogens is 493 g/mol. The second-order valence-corrected chi connectivity index (χ2v) is 7.16. The van der Waals surface area contributed by atoms with Crippen LogP contribution in [0.15, 0.2) is 41.7 Å². The smallest absolute Gasteiger partial charge is 0.225 e. The van der Waals surface area contributed by atoms with Gasteiger partial charge in [-0.05, 0) is 19.9 Å². The molecule has 0 atom stereocenters. The summed E-state index contributed by atoms with van der Waals surface area (Å²) in [5, 5.41) is 0. The molecule has 0 bridgehead atoms. The minimum Gasteiger partial charge on any atom is -0.486 e. The molecule has 29 heavy (non-hydrogen) atoms. The Labute approximate surface area is 186 Å². The number of nitrogens with zero attached hydrogens (tertiary/aromatic N) is 5. The van der Waals surface area contributed by atoms with Crippen LogP contribution < -0.4 is 15.4 Å². The molecule has 2 heterocycles. The Kier molecular flexibility index (Phi) is 7.94. The molecule has 1 fully saturated rings. The summed E-state index contributed by atoms with van der Waals surface area (Å²) in [6.45, 7) is 6.70. The highest BCUT2D eigenvalue weighted by atomic mass is 127. The molecule has 2 aromatic rings. The SMILES string of the molecule is CC(C)(CN=C(N)N1CCN(c2ncccn2)CC1)Oc1cc(F)cc(F)c1.I. The molecule has 3 rings (SSSR count). The van der Waals surface area contributed by atoms with Gasteiger partial charge in [0.1, 0.15) is 23.0 Å². The number of rotatable bonds is 5. The van der Waals surface area contributed by atoms with Crippen molar-refractivity contribution in [3.8, 4) is 5.75 Å². The van der Waals surface area contributed by atoms with Gasteiger partial charge in [0.15, 0.2) is 5.96 Å². The summed E-state index contributed by atoms with van der Waals surface area (Å²) in [5.41, 5.74) is 5.36. The van der Waals surface area contributed by atoms with Crippen molar-refractivity contribution in [2.45, 2.75) is 19.4 Å². The molecule has 0 radical (unpaired) electrons. The Bertz CT molecular complexity index is 808. The number of hydrogen-bond donors (Lipinski definition) is 1. The normalized spacial score (nSPS) is 15.1. The lowest BCUT2D eigenvalue weighted by Gasteiger charge is -2.35. The summed E-state index contributed by atoms with van der Waals surface area (Å²) in [6.07, 6.45) is 3.44. The second kappa shape index (κ2) is 9.99. The third-order valence-electron chi connectivity index (χ3n) is 4.29. The van der Waals surface area contributed by atoms with Gasteiger partial charge in [-0.2, -0.15) is 0 Å². The molecule has 0 unspecified atom stereocenters. The average Bonchev–Trinajstić information content (AvgIpc) is 2.66. The van der Waals surface area contributed by atoms with Crippen LogP contribution in [0.5, 0.6) is 5.75 Å². The number of nitrogens with two attached hydrogens (primary N) is 1. The maximum atomic E-state index is 13.3.